The summed E-state index contributed by atoms with van der Waals surface area (Å²) in [4.78, 5) is 5.74. The molecule has 4 atom stereocenters. The second-order valence-electron chi connectivity index (χ2n) is 11.2. The average Bonchev–Trinajstić information content (AvgIpc) is 3.30. The van der Waals surface area contributed by atoms with Crippen molar-refractivity contribution < 1.29 is 9.57 Å². The summed E-state index contributed by atoms with van der Waals surface area (Å²) in [5, 5.41) is 4.47. The summed E-state index contributed by atoms with van der Waals surface area (Å²) in [6, 6.07) is 17.9. The molecular weight excluding hydrogens is 406 g/mol. The van der Waals surface area contributed by atoms with Crippen molar-refractivity contribution in [2.45, 2.75) is 66.4 Å². The molecule has 2 aromatic rings. The molecule has 3 heteroatoms. The van der Waals surface area contributed by atoms with Crippen molar-refractivity contribution in [3.63, 3.8) is 0 Å². The molecule has 2 aromatic carbocycles. The maximum Gasteiger partial charge on any atom is 0.142 e. The number of ether oxygens (including phenoxy) is 1. The number of hydrogen-bond acceptors (Lipinski definition) is 3. The van der Waals surface area contributed by atoms with Crippen LogP contribution < -0.4 is 4.74 Å². The fourth-order valence-corrected chi connectivity index (χ4v) is 7.21. The van der Waals surface area contributed by atoms with Crippen molar-refractivity contribution in [3.8, 4) is 11.5 Å². The standard InChI is InChI=1S/C30H37NO2/c1-21(19-27-25-15-16-26-28(25)29(2,3)17-8-18-30(26,27)4)31-32-20-22-11-13-24(14-12-22)33-23-9-6-5-7-10-23/h5-7,9-14,19,25-26,28H,8,15-18,20H2,1-4H3/b27-19?,31-21+/t25-,26-,28+,30+/m1/s1. The summed E-state index contributed by atoms with van der Waals surface area (Å²) in [5.41, 5.74) is 4.54. The smallest absolute Gasteiger partial charge is 0.142 e. The van der Waals surface area contributed by atoms with Gasteiger partial charge >= 0.3 is 0 Å². The molecule has 3 nitrogen and oxygen atoms in total. The van der Waals surface area contributed by atoms with Crippen LogP contribution in [-0.4, -0.2) is 5.71 Å². The topological polar surface area (TPSA) is 30.8 Å². The van der Waals surface area contributed by atoms with Gasteiger partial charge in [0.15, 0.2) is 0 Å². The maximum absolute atomic E-state index is 5.87. The van der Waals surface area contributed by atoms with E-state index in [2.05, 4.69) is 38.9 Å². The number of nitrogens with zero attached hydrogens (tertiary/aromatic N) is 1. The van der Waals surface area contributed by atoms with Crippen LogP contribution in [-0.2, 0) is 11.4 Å². The SMILES string of the molecule is C/C(C=C1[C@H]2CC[C@@H]3[C@H]2C(C)(C)CCC[C@]13C)=N\OCc1ccc(Oc2ccccc2)cc1. The maximum atomic E-state index is 5.87. The molecule has 33 heavy (non-hydrogen) atoms. The van der Waals surface area contributed by atoms with Crippen LogP contribution in [0.1, 0.15) is 65.4 Å². The highest BCUT2D eigenvalue weighted by Gasteiger charge is 2.62. The zero-order chi connectivity index (χ0) is 23.1. The lowest BCUT2D eigenvalue weighted by Crippen LogP contribution is -2.28. The van der Waals surface area contributed by atoms with Crippen molar-refractivity contribution in [1.82, 2.24) is 0 Å². The second kappa shape index (κ2) is 8.66. The van der Waals surface area contributed by atoms with Gasteiger partial charge in [0.05, 0.1) is 5.71 Å². The lowest BCUT2D eigenvalue weighted by molar-refractivity contribution is 0.130. The number of allylic oxidation sites excluding steroid dienone is 2. The van der Waals surface area contributed by atoms with Crippen LogP contribution in [0.25, 0.3) is 0 Å². The molecule has 5 rings (SSSR count). The Morgan fingerprint density at radius 2 is 1.70 bits per heavy atom. The Morgan fingerprint density at radius 1 is 0.970 bits per heavy atom. The molecular formula is C30H37NO2. The zero-order valence-electron chi connectivity index (χ0n) is 20.5. The zero-order valence-corrected chi connectivity index (χ0v) is 20.5. The number of benzene rings is 2. The second-order valence-corrected chi connectivity index (χ2v) is 11.2. The summed E-state index contributed by atoms with van der Waals surface area (Å²) >= 11 is 0. The molecule has 3 fully saturated rings. The molecule has 0 saturated heterocycles. The predicted octanol–water partition coefficient (Wildman–Crippen LogP) is 8.17. The van der Waals surface area contributed by atoms with Gasteiger partial charge in [-0.15, -0.1) is 0 Å². The highest BCUT2D eigenvalue weighted by Crippen LogP contribution is 2.70. The first-order valence-electron chi connectivity index (χ1n) is 12.6. The van der Waals surface area contributed by atoms with E-state index in [0.717, 1.165) is 40.5 Å². The fourth-order valence-electron chi connectivity index (χ4n) is 7.21. The van der Waals surface area contributed by atoms with Crippen LogP contribution in [0, 0.1) is 28.6 Å². The molecule has 4 bridgehead atoms. The monoisotopic (exact) mass is 443 g/mol. The first kappa shape index (κ1) is 22.3. The van der Waals surface area contributed by atoms with Crippen molar-refractivity contribution in [1.29, 1.82) is 0 Å². The quantitative estimate of drug-likeness (QED) is 0.333. The third-order valence-electron chi connectivity index (χ3n) is 8.66. The van der Waals surface area contributed by atoms with Gasteiger partial charge in [0.1, 0.15) is 18.1 Å². The van der Waals surface area contributed by atoms with Crippen molar-refractivity contribution in [2.24, 2.45) is 33.7 Å². The van der Waals surface area contributed by atoms with E-state index in [-0.39, 0.29) is 0 Å². The normalized spacial score (nSPS) is 31.5. The first-order valence-corrected chi connectivity index (χ1v) is 12.6. The lowest BCUT2D eigenvalue weighted by atomic mass is 9.68. The van der Waals surface area contributed by atoms with Crippen LogP contribution >= 0.6 is 0 Å². The molecule has 3 saturated carbocycles. The summed E-state index contributed by atoms with van der Waals surface area (Å²) in [6.07, 6.45) is 9.17. The average molecular weight is 444 g/mol. The summed E-state index contributed by atoms with van der Waals surface area (Å²) in [6.45, 7) is 10.1. The number of para-hydroxylation sites is 1. The molecule has 0 aliphatic heterocycles. The molecule has 0 amide bonds. The van der Waals surface area contributed by atoms with Gasteiger partial charge in [-0.3, -0.25) is 0 Å². The van der Waals surface area contributed by atoms with Gasteiger partial charge in [-0.05, 0) is 97.1 Å². The van der Waals surface area contributed by atoms with E-state index < -0.39 is 0 Å². The third-order valence-corrected chi connectivity index (χ3v) is 8.66. The number of oxime groups is 1. The van der Waals surface area contributed by atoms with E-state index in [1.54, 1.807) is 5.57 Å². The first-order chi connectivity index (χ1) is 15.9. The minimum atomic E-state index is 0.354. The van der Waals surface area contributed by atoms with Gasteiger partial charge in [-0.1, -0.05) is 68.3 Å². The Labute approximate surface area is 198 Å². The molecule has 0 aromatic heterocycles. The van der Waals surface area contributed by atoms with E-state index in [0.29, 0.717) is 17.4 Å². The van der Waals surface area contributed by atoms with Crippen molar-refractivity contribution >= 4 is 5.71 Å². The van der Waals surface area contributed by atoms with E-state index in [9.17, 15) is 0 Å². The fraction of sp³-hybridized carbons (Fsp3) is 0.500. The number of rotatable bonds is 6. The van der Waals surface area contributed by atoms with Crippen molar-refractivity contribution in [3.05, 3.63) is 71.8 Å². The van der Waals surface area contributed by atoms with Gasteiger partial charge in [-0.2, -0.15) is 0 Å². The lowest BCUT2D eigenvalue weighted by Gasteiger charge is -2.36. The molecule has 174 valence electrons. The third kappa shape index (κ3) is 4.23. The Morgan fingerprint density at radius 3 is 2.45 bits per heavy atom. The Hall–Kier alpha value is -2.55. The summed E-state index contributed by atoms with van der Waals surface area (Å²) in [5.74, 6) is 4.08. The van der Waals surface area contributed by atoms with Crippen LogP contribution in [0.4, 0.5) is 0 Å². The Balaban J connectivity index is 1.23. The molecule has 3 aliphatic rings. The molecule has 0 unspecified atom stereocenters. The molecule has 0 N–H and O–H groups in total. The van der Waals surface area contributed by atoms with Crippen LogP contribution in [0.5, 0.6) is 11.5 Å². The van der Waals surface area contributed by atoms with Gasteiger partial charge in [-0.25, -0.2) is 0 Å². The summed E-state index contributed by atoms with van der Waals surface area (Å²) in [7, 11) is 0. The van der Waals surface area contributed by atoms with Crippen LogP contribution in [0.2, 0.25) is 0 Å². The Kier molecular flexibility index (Phi) is 5.84. The van der Waals surface area contributed by atoms with Gasteiger partial charge in [0.25, 0.3) is 0 Å². The van der Waals surface area contributed by atoms with Gasteiger partial charge in [0.2, 0.25) is 0 Å². The number of hydrogen-bond donors (Lipinski definition) is 0. The highest BCUT2D eigenvalue weighted by molar-refractivity contribution is 5.93. The largest absolute Gasteiger partial charge is 0.457 e. The molecule has 0 heterocycles. The summed E-state index contributed by atoms with van der Waals surface area (Å²) < 4.78 is 5.87. The van der Waals surface area contributed by atoms with E-state index >= 15 is 0 Å². The van der Waals surface area contributed by atoms with Crippen LogP contribution in [0.3, 0.4) is 0 Å². The molecule has 0 radical (unpaired) electrons. The van der Waals surface area contributed by atoms with E-state index in [1.165, 1.54) is 32.1 Å². The highest BCUT2D eigenvalue weighted by atomic mass is 16.6. The van der Waals surface area contributed by atoms with E-state index in [4.69, 9.17) is 9.57 Å². The Bertz CT molecular complexity index is 1040. The molecule has 3 aliphatic carbocycles. The van der Waals surface area contributed by atoms with Gasteiger partial charge < -0.3 is 9.57 Å². The minimum absolute atomic E-state index is 0.354. The van der Waals surface area contributed by atoms with E-state index in [1.807, 2.05) is 54.6 Å². The predicted molar refractivity (Wildman–Crippen MR) is 134 cm³/mol. The minimum Gasteiger partial charge on any atom is -0.457 e. The van der Waals surface area contributed by atoms with Crippen molar-refractivity contribution in [2.75, 3.05) is 0 Å². The van der Waals surface area contributed by atoms with Crippen LogP contribution in [0.15, 0.2) is 71.4 Å². The molecule has 0 spiro atoms. The van der Waals surface area contributed by atoms with Gasteiger partial charge in [0, 0.05) is 0 Å².